The van der Waals surface area contributed by atoms with E-state index in [2.05, 4.69) is 0 Å². The van der Waals surface area contributed by atoms with Crippen molar-refractivity contribution in [3.63, 3.8) is 0 Å². The lowest BCUT2D eigenvalue weighted by atomic mass is 10.3. The van der Waals surface area contributed by atoms with Crippen LogP contribution < -0.4 is 10.5 Å². The van der Waals surface area contributed by atoms with Gasteiger partial charge in [-0.15, -0.1) is 0 Å². The summed E-state index contributed by atoms with van der Waals surface area (Å²) in [5, 5.41) is 0. The highest BCUT2D eigenvalue weighted by molar-refractivity contribution is 7.82. The van der Waals surface area contributed by atoms with Gasteiger partial charge < -0.3 is 15.2 Å². The van der Waals surface area contributed by atoms with Crippen molar-refractivity contribution in [2.24, 2.45) is 0 Å². The van der Waals surface area contributed by atoms with E-state index in [1.165, 1.54) is 0 Å². The molecule has 5 nitrogen and oxygen atoms in total. The summed E-state index contributed by atoms with van der Waals surface area (Å²) in [5.41, 5.74) is 6.27. The first-order valence-corrected chi connectivity index (χ1v) is 7.51. The zero-order chi connectivity index (χ0) is 14.3. The first-order chi connectivity index (χ1) is 9.22. The van der Waals surface area contributed by atoms with Crippen LogP contribution in [0.4, 0.5) is 5.69 Å². The van der Waals surface area contributed by atoms with E-state index < -0.39 is 11.0 Å². The summed E-state index contributed by atoms with van der Waals surface area (Å²) in [7, 11) is 0.377. The second-order valence-electron chi connectivity index (χ2n) is 3.69. The van der Waals surface area contributed by atoms with E-state index in [9.17, 15) is 4.21 Å². The number of hydrogen-bond acceptors (Lipinski definition) is 4. The topological polar surface area (TPSA) is 64.8 Å². The Labute approximate surface area is 117 Å². The number of methoxy groups -OCH3 is 1. The third-order valence-corrected chi connectivity index (χ3v) is 4.10. The summed E-state index contributed by atoms with van der Waals surface area (Å²) < 4.78 is 24.5. The molecule has 6 heteroatoms. The van der Waals surface area contributed by atoms with Crippen molar-refractivity contribution in [1.29, 1.82) is 0 Å². The summed E-state index contributed by atoms with van der Waals surface area (Å²) in [6.07, 6.45) is 0. The van der Waals surface area contributed by atoms with Crippen molar-refractivity contribution in [1.82, 2.24) is 4.31 Å². The molecule has 1 atom stereocenters. The average molecular weight is 286 g/mol. The van der Waals surface area contributed by atoms with Crippen LogP contribution in [0.25, 0.3) is 0 Å². The molecule has 0 aromatic heterocycles. The molecule has 1 aliphatic rings. The molecule has 19 heavy (non-hydrogen) atoms. The molecule has 1 heterocycles. The first kappa shape index (κ1) is 15.9. The third-order valence-electron chi connectivity index (χ3n) is 2.61. The summed E-state index contributed by atoms with van der Waals surface area (Å²) in [6, 6.07) is 5.21. The van der Waals surface area contributed by atoms with Crippen molar-refractivity contribution in [2.75, 3.05) is 39.1 Å². The lowest BCUT2D eigenvalue weighted by Crippen LogP contribution is -2.37. The normalized spacial score (nSPS) is 17.2. The summed E-state index contributed by atoms with van der Waals surface area (Å²) in [4.78, 5) is 0.706. The SMILES string of the molecule is CC.COc1cc(S(=O)N2CCOCC2)ccc1N. The number of hydrogen-bond donors (Lipinski definition) is 1. The second-order valence-corrected chi connectivity index (χ2v) is 5.18. The van der Waals surface area contributed by atoms with Gasteiger partial charge in [0, 0.05) is 13.1 Å². The van der Waals surface area contributed by atoms with Gasteiger partial charge in [0.2, 0.25) is 0 Å². The van der Waals surface area contributed by atoms with Crippen LogP contribution in [0, 0.1) is 0 Å². The Morgan fingerprint density at radius 3 is 2.53 bits per heavy atom. The number of ether oxygens (including phenoxy) is 2. The monoisotopic (exact) mass is 286 g/mol. The van der Waals surface area contributed by atoms with Gasteiger partial charge in [0.1, 0.15) is 16.7 Å². The number of morpholine rings is 1. The molecule has 0 spiro atoms. The zero-order valence-corrected chi connectivity index (χ0v) is 12.5. The van der Waals surface area contributed by atoms with Crippen molar-refractivity contribution in [2.45, 2.75) is 18.7 Å². The summed E-state index contributed by atoms with van der Waals surface area (Å²) in [6.45, 7) is 6.61. The van der Waals surface area contributed by atoms with Gasteiger partial charge in [-0.3, -0.25) is 0 Å². The third kappa shape index (κ3) is 4.19. The minimum atomic E-state index is -1.17. The Hall–Kier alpha value is -1.11. The Kier molecular flexibility index (Phi) is 6.83. The van der Waals surface area contributed by atoms with E-state index in [0.717, 1.165) is 0 Å². The maximum atomic E-state index is 12.3. The van der Waals surface area contributed by atoms with Gasteiger partial charge >= 0.3 is 0 Å². The molecule has 108 valence electrons. The lowest BCUT2D eigenvalue weighted by Gasteiger charge is -2.25. The van der Waals surface area contributed by atoms with E-state index in [1.54, 1.807) is 25.3 Å². The van der Waals surface area contributed by atoms with E-state index >= 15 is 0 Å². The van der Waals surface area contributed by atoms with Gasteiger partial charge in [0.15, 0.2) is 0 Å². The fraction of sp³-hybridized carbons (Fsp3) is 0.538. The quantitative estimate of drug-likeness (QED) is 0.858. The number of rotatable bonds is 3. The number of benzene rings is 1. The highest BCUT2D eigenvalue weighted by Gasteiger charge is 2.19. The Bertz CT molecular complexity index is 420. The van der Waals surface area contributed by atoms with E-state index in [-0.39, 0.29) is 0 Å². The molecule has 0 saturated carbocycles. The predicted octanol–water partition coefficient (Wildman–Crippen LogP) is 1.66. The lowest BCUT2D eigenvalue weighted by molar-refractivity contribution is 0.0752. The molecule has 1 aromatic rings. The molecule has 0 radical (unpaired) electrons. The fourth-order valence-corrected chi connectivity index (χ4v) is 2.83. The molecule has 1 aliphatic heterocycles. The Balaban J connectivity index is 0.000000861. The average Bonchev–Trinajstić information content (AvgIpc) is 2.50. The number of nitrogens with two attached hydrogens (primary N) is 1. The molecular weight excluding hydrogens is 264 g/mol. The van der Waals surface area contributed by atoms with Crippen LogP contribution >= 0.6 is 0 Å². The number of nitrogens with zero attached hydrogens (tertiary/aromatic N) is 1. The minimum absolute atomic E-state index is 0.551. The van der Waals surface area contributed by atoms with Crippen molar-refractivity contribution >= 4 is 16.7 Å². The van der Waals surface area contributed by atoms with Crippen LogP contribution in [-0.2, 0) is 15.7 Å². The van der Waals surface area contributed by atoms with Gasteiger partial charge in [0.05, 0.1) is 30.9 Å². The number of anilines is 1. The Morgan fingerprint density at radius 2 is 1.95 bits per heavy atom. The van der Waals surface area contributed by atoms with Crippen LogP contribution in [-0.4, -0.2) is 41.9 Å². The molecule has 0 aliphatic carbocycles. The van der Waals surface area contributed by atoms with Gasteiger partial charge in [-0.2, -0.15) is 0 Å². The molecular formula is C13H22N2O3S. The van der Waals surface area contributed by atoms with E-state index in [0.29, 0.717) is 42.6 Å². The molecule has 2 N–H and O–H groups in total. The molecule has 1 aromatic carbocycles. The van der Waals surface area contributed by atoms with Gasteiger partial charge in [-0.05, 0) is 18.2 Å². The largest absolute Gasteiger partial charge is 0.495 e. The summed E-state index contributed by atoms with van der Waals surface area (Å²) >= 11 is 0. The maximum Gasteiger partial charge on any atom is 0.142 e. The standard InChI is InChI=1S/C11H16N2O3S.C2H6/c1-15-11-8-9(2-3-10(11)12)17(14)13-4-6-16-7-5-13;1-2/h2-3,8H,4-7,12H2,1H3;1-2H3. The highest BCUT2D eigenvalue weighted by atomic mass is 32.2. The first-order valence-electron chi connectivity index (χ1n) is 6.40. The van der Waals surface area contributed by atoms with Gasteiger partial charge in [0.25, 0.3) is 0 Å². The van der Waals surface area contributed by atoms with Crippen LogP contribution in [0.5, 0.6) is 5.75 Å². The molecule has 0 amide bonds. The van der Waals surface area contributed by atoms with Crippen LogP contribution in [0.15, 0.2) is 23.1 Å². The maximum absolute atomic E-state index is 12.3. The highest BCUT2D eigenvalue weighted by Crippen LogP contribution is 2.25. The number of nitrogen functional groups attached to an aromatic ring is 1. The molecule has 1 saturated heterocycles. The predicted molar refractivity (Wildman–Crippen MR) is 77.6 cm³/mol. The van der Waals surface area contributed by atoms with Crippen LogP contribution in [0.1, 0.15) is 13.8 Å². The van der Waals surface area contributed by atoms with Crippen molar-refractivity contribution in [3.8, 4) is 5.75 Å². The Morgan fingerprint density at radius 1 is 1.32 bits per heavy atom. The van der Waals surface area contributed by atoms with E-state index in [4.69, 9.17) is 15.2 Å². The van der Waals surface area contributed by atoms with Gasteiger partial charge in [-0.1, -0.05) is 13.8 Å². The summed E-state index contributed by atoms with van der Waals surface area (Å²) in [5.74, 6) is 0.559. The minimum Gasteiger partial charge on any atom is -0.495 e. The molecule has 0 bridgehead atoms. The zero-order valence-electron chi connectivity index (χ0n) is 11.7. The fourth-order valence-electron chi connectivity index (χ4n) is 1.66. The van der Waals surface area contributed by atoms with Crippen LogP contribution in [0.2, 0.25) is 0 Å². The van der Waals surface area contributed by atoms with Crippen molar-refractivity contribution in [3.05, 3.63) is 18.2 Å². The van der Waals surface area contributed by atoms with Gasteiger partial charge in [-0.25, -0.2) is 8.51 Å². The second kappa shape index (κ2) is 8.14. The molecule has 2 rings (SSSR count). The van der Waals surface area contributed by atoms with Crippen LogP contribution in [0.3, 0.4) is 0 Å². The van der Waals surface area contributed by atoms with Crippen molar-refractivity contribution < 1.29 is 13.7 Å². The molecule has 1 unspecified atom stereocenters. The smallest absolute Gasteiger partial charge is 0.142 e. The molecule has 1 fully saturated rings. The van der Waals surface area contributed by atoms with E-state index in [1.807, 2.05) is 18.2 Å².